The van der Waals surface area contributed by atoms with Gasteiger partial charge >= 0.3 is 6.09 Å². The maximum Gasteiger partial charge on any atom is 0.419 e. The molecular weight excluding hydrogens is 476 g/mol. The quantitative estimate of drug-likeness (QED) is 0.364. The van der Waals surface area contributed by atoms with Crippen molar-refractivity contribution in [1.29, 1.82) is 0 Å². The van der Waals surface area contributed by atoms with Gasteiger partial charge in [-0.15, -0.1) is 0 Å². The first kappa shape index (κ1) is 25.7. The lowest BCUT2D eigenvalue weighted by molar-refractivity contribution is -0.143. The van der Waals surface area contributed by atoms with Crippen LogP contribution >= 0.6 is 0 Å². The van der Waals surface area contributed by atoms with E-state index in [1.54, 1.807) is 9.47 Å². The molecule has 0 saturated heterocycles. The highest BCUT2D eigenvalue weighted by atomic mass is 16.6. The smallest absolute Gasteiger partial charge is 0.419 e. The molecule has 1 amide bonds. The number of hydrogen-bond donors (Lipinski definition) is 1. The minimum atomic E-state index is -1.40. The van der Waals surface area contributed by atoms with Crippen molar-refractivity contribution in [2.75, 3.05) is 6.54 Å². The number of aromatic nitrogens is 1. The molecular formula is C32H34N2O4. The first-order valence-electron chi connectivity index (χ1n) is 13.1. The van der Waals surface area contributed by atoms with Crippen molar-refractivity contribution in [3.63, 3.8) is 0 Å². The number of ether oxygens (including phenoxy) is 1. The number of amides is 1. The van der Waals surface area contributed by atoms with Crippen LogP contribution in [0, 0.1) is 0 Å². The van der Waals surface area contributed by atoms with Gasteiger partial charge in [0, 0.05) is 17.6 Å². The Bertz CT molecular complexity index is 1450. The minimum Gasteiger partial charge on any atom is -0.443 e. The zero-order valence-electron chi connectivity index (χ0n) is 22.3. The number of hydrogen-bond acceptors (Lipinski definition) is 4. The lowest BCUT2D eigenvalue weighted by atomic mass is 9.84. The number of aliphatic hydroxyl groups excluding tert-OH is 1. The molecule has 1 aliphatic heterocycles. The molecule has 0 saturated carbocycles. The van der Waals surface area contributed by atoms with Gasteiger partial charge in [-0.05, 0) is 56.9 Å². The Hall–Kier alpha value is -3.90. The number of para-hydroxylation sites is 1. The van der Waals surface area contributed by atoms with Crippen molar-refractivity contribution < 1.29 is 19.4 Å². The summed E-state index contributed by atoms with van der Waals surface area (Å²) < 4.78 is 7.41. The molecule has 6 nitrogen and oxygen atoms in total. The molecule has 0 unspecified atom stereocenters. The van der Waals surface area contributed by atoms with Gasteiger partial charge in [0.15, 0.2) is 0 Å². The summed E-state index contributed by atoms with van der Waals surface area (Å²) >= 11 is 0. The molecule has 0 radical (unpaired) electrons. The summed E-state index contributed by atoms with van der Waals surface area (Å²) in [6.07, 6.45) is -1.39. The van der Waals surface area contributed by atoms with Crippen LogP contribution in [0.2, 0.25) is 0 Å². The largest absolute Gasteiger partial charge is 0.443 e. The fourth-order valence-corrected chi connectivity index (χ4v) is 5.52. The molecule has 4 aromatic rings. The van der Waals surface area contributed by atoms with Crippen molar-refractivity contribution in [2.24, 2.45) is 0 Å². The molecule has 6 heteroatoms. The molecule has 1 aromatic heterocycles. The van der Waals surface area contributed by atoms with E-state index in [9.17, 15) is 14.7 Å². The standard InChI is InChI=1S/C32H34N2O4/c1-21(22-13-7-5-8-14-22)33-20-19-25-24-17-11-12-18-26(24)34(31(37)38-32(2,3)4)28(25)27(29(35)30(33)36)23-15-9-6-10-16-23/h5-18,21,27,29,35H,19-20H2,1-4H3/t21-,27+,29-/m0/s1. The van der Waals surface area contributed by atoms with E-state index in [-0.39, 0.29) is 11.9 Å². The van der Waals surface area contributed by atoms with E-state index >= 15 is 0 Å². The van der Waals surface area contributed by atoms with Gasteiger partial charge in [-0.25, -0.2) is 9.36 Å². The third-order valence-corrected chi connectivity index (χ3v) is 7.25. The van der Waals surface area contributed by atoms with Gasteiger partial charge in [-0.1, -0.05) is 78.9 Å². The molecule has 196 valence electrons. The molecule has 0 fully saturated rings. The average molecular weight is 511 g/mol. The van der Waals surface area contributed by atoms with Crippen molar-refractivity contribution in [3.8, 4) is 0 Å². The number of carbonyl (C=O) groups excluding carboxylic acids is 2. The van der Waals surface area contributed by atoms with Crippen molar-refractivity contribution in [2.45, 2.75) is 57.8 Å². The van der Waals surface area contributed by atoms with Gasteiger partial charge in [0.05, 0.1) is 17.5 Å². The fourth-order valence-electron chi connectivity index (χ4n) is 5.52. The predicted octanol–water partition coefficient (Wildman–Crippen LogP) is 6.06. The number of nitrogens with zero attached hydrogens (tertiary/aromatic N) is 2. The van der Waals surface area contributed by atoms with Gasteiger partial charge in [0.2, 0.25) is 0 Å². The summed E-state index contributed by atoms with van der Waals surface area (Å²) in [6, 6.07) is 26.8. The van der Waals surface area contributed by atoms with Crippen molar-refractivity contribution >= 4 is 22.9 Å². The molecule has 2 heterocycles. The zero-order chi connectivity index (χ0) is 27.0. The Kier molecular flexibility index (Phi) is 6.84. The number of fused-ring (bicyclic) bond motifs is 3. The van der Waals surface area contributed by atoms with Crippen LogP contribution in [0.5, 0.6) is 0 Å². The number of benzene rings is 3. The lowest BCUT2D eigenvalue weighted by Gasteiger charge is -2.36. The van der Waals surface area contributed by atoms with Gasteiger partial charge in [-0.2, -0.15) is 0 Å². The summed E-state index contributed by atoms with van der Waals surface area (Å²) in [6.45, 7) is 7.88. The summed E-state index contributed by atoms with van der Waals surface area (Å²) in [5.41, 5.74) is 3.31. The second-order valence-electron chi connectivity index (χ2n) is 10.9. The Labute approximate surface area is 223 Å². The normalized spacial score (nSPS) is 19.0. The van der Waals surface area contributed by atoms with E-state index in [1.807, 2.05) is 113 Å². The lowest BCUT2D eigenvalue weighted by Crippen LogP contribution is -2.46. The van der Waals surface area contributed by atoms with Crippen LogP contribution in [-0.2, 0) is 16.0 Å². The summed E-state index contributed by atoms with van der Waals surface area (Å²) in [7, 11) is 0. The number of carbonyl (C=O) groups is 2. The van der Waals surface area contributed by atoms with Crippen LogP contribution < -0.4 is 0 Å². The first-order chi connectivity index (χ1) is 18.2. The van der Waals surface area contributed by atoms with E-state index in [2.05, 4.69) is 0 Å². The van der Waals surface area contributed by atoms with E-state index in [4.69, 9.17) is 4.74 Å². The van der Waals surface area contributed by atoms with Crippen LogP contribution in [0.1, 0.15) is 62.0 Å². The summed E-state index contributed by atoms with van der Waals surface area (Å²) in [4.78, 5) is 29.4. The Morgan fingerprint density at radius 1 is 0.947 bits per heavy atom. The molecule has 38 heavy (non-hydrogen) atoms. The van der Waals surface area contributed by atoms with Gasteiger partial charge < -0.3 is 14.7 Å². The maximum absolute atomic E-state index is 14.0. The highest BCUT2D eigenvalue weighted by molar-refractivity contribution is 5.95. The second kappa shape index (κ2) is 10.1. The van der Waals surface area contributed by atoms with E-state index in [1.165, 1.54) is 0 Å². The van der Waals surface area contributed by atoms with E-state index in [0.717, 1.165) is 22.1 Å². The summed E-state index contributed by atoms with van der Waals surface area (Å²) in [5, 5.41) is 12.7. The van der Waals surface area contributed by atoms with Crippen LogP contribution in [0.25, 0.3) is 10.9 Å². The first-order valence-corrected chi connectivity index (χ1v) is 13.1. The number of rotatable bonds is 3. The van der Waals surface area contributed by atoms with Crippen molar-refractivity contribution in [3.05, 3.63) is 107 Å². The molecule has 3 atom stereocenters. The Balaban J connectivity index is 1.74. The third kappa shape index (κ3) is 4.72. The van der Waals surface area contributed by atoms with Crippen LogP contribution in [0.4, 0.5) is 4.79 Å². The highest BCUT2D eigenvalue weighted by Gasteiger charge is 2.41. The third-order valence-electron chi connectivity index (χ3n) is 7.25. The van der Waals surface area contributed by atoms with Crippen LogP contribution in [0.15, 0.2) is 84.9 Å². The minimum absolute atomic E-state index is 0.226. The van der Waals surface area contributed by atoms with Gasteiger partial charge in [0.25, 0.3) is 5.91 Å². The maximum atomic E-state index is 14.0. The van der Waals surface area contributed by atoms with Crippen LogP contribution in [0.3, 0.4) is 0 Å². The molecule has 1 aliphatic rings. The van der Waals surface area contributed by atoms with Crippen molar-refractivity contribution in [1.82, 2.24) is 9.47 Å². The topological polar surface area (TPSA) is 71.8 Å². The molecule has 0 aliphatic carbocycles. The monoisotopic (exact) mass is 510 g/mol. The molecule has 0 spiro atoms. The predicted molar refractivity (Wildman–Crippen MR) is 148 cm³/mol. The average Bonchev–Trinajstić information content (AvgIpc) is 3.22. The van der Waals surface area contributed by atoms with Crippen LogP contribution in [-0.4, -0.2) is 44.8 Å². The molecule has 5 rings (SSSR count). The SMILES string of the molecule is C[C@@H](c1ccccc1)N1CCc2c(n(C(=O)OC(C)(C)C)c3ccccc23)[C@@H](c2ccccc2)[C@H](O)C1=O. The Morgan fingerprint density at radius 3 is 2.21 bits per heavy atom. The molecule has 0 bridgehead atoms. The highest BCUT2D eigenvalue weighted by Crippen LogP contribution is 2.40. The van der Waals surface area contributed by atoms with E-state index in [0.29, 0.717) is 24.2 Å². The summed E-state index contributed by atoms with van der Waals surface area (Å²) in [5.74, 6) is -1.12. The molecule has 1 N–H and O–H groups in total. The zero-order valence-corrected chi connectivity index (χ0v) is 22.3. The fraction of sp³-hybridized carbons (Fsp3) is 0.312. The van der Waals surface area contributed by atoms with Gasteiger partial charge in [0.1, 0.15) is 11.7 Å². The Morgan fingerprint density at radius 2 is 1.55 bits per heavy atom. The second-order valence-corrected chi connectivity index (χ2v) is 10.9. The van der Waals surface area contributed by atoms with E-state index < -0.39 is 23.7 Å². The number of aliphatic hydroxyl groups is 1. The van der Waals surface area contributed by atoms with Gasteiger partial charge in [-0.3, -0.25) is 4.79 Å². The molecule has 3 aromatic carbocycles.